The van der Waals surface area contributed by atoms with Crippen LogP contribution in [0, 0.1) is 0 Å². The third-order valence-corrected chi connectivity index (χ3v) is 1.57. The van der Waals surface area contributed by atoms with Crippen molar-refractivity contribution < 1.29 is 0 Å². The molecule has 0 bridgehead atoms. The molecule has 0 aromatic carbocycles. The Kier molecular flexibility index (Phi) is 1.99. The molecule has 5 heteroatoms. The Morgan fingerprint density at radius 1 is 1.45 bits per heavy atom. The third-order valence-electron chi connectivity index (χ3n) is 0.924. The number of aromatic nitrogens is 2. The summed E-state index contributed by atoms with van der Waals surface area (Å²) in [6.07, 6.45) is 0. The average Bonchev–Trinajstić information content (AvgIpc) is 2.10. The van der Waals surface area contributed by atoms with Crippen LogP contribution in [0.25, 0.3) is 0 Å². The Labute approximate surface area is 70.0 Å². The first-order chi connectivity index (χ1) is 4.97. The van der Waals surface area contributed by atoms with E-state index in [9.17, 15) is 0 Å². The van der Waals surface area contributed by atoms with Gasteiger partial charge in [0.2, 0.25) is 11.1 Å². The van der Waals surface area contributed by atoms with E-state index in [1.165, 1.54) is 11.5 Å². The van der Waals surface area contributed by atoms with Gasteiger partial charge in [0.1, 0.15) is 0 Å². The van der Waals surface area contributed by atoms with Crippen molar-refractivity contribution in [3.63, 3.8) is 0 Å². The summed E-state index contributed by atoms with van der Waals surface area (Å²) >= 11 is 1.28. The monoisotopic (exact) mass is 172 g/mol. The van der Waals surface area contributed by atoms with Crippen molar-refractivity contribution in [2.24, 2.45) is 0 Å². The van der Waals surface area contributed by atoms with Gasteiger partial charge in [-0.05, 0) is 20.8 Å². The predicted octanol–water partition coefficient (Wildman–Crippen LogP) is 1.33. The first kappa shape index (κ1) is 8.26. The van der Waals surface area contributed by atoms with Gasteiger partial charge in [0, 0.05) is 17.1 Å². The standard InChI is InChI=1S/C6H12N4S/c1-6(2,3)9-5-8-4(7)10-11-5/h1-3H3,(H3,7,8,9,10). The summed E-state index contributed by atoms with van der Waals surface area (Å²) in [5.74, 6) is 0.335. The van der Waals surface area contributed by atoms with Gasteiger partial charge in [-0.3, -0.25) is 0 Å². The Hall–Kier alpha value is -0.840. The second kappa shape index (κ2) is 2.65. The molecule has 0 saturated heterocycles. The summed E-state index contributed by atoms with van der Waals surface area (Å²) in [6.45, 7) is 6.18. The van der Waals surface area contributed by atoms with Crippen LogP contribution in [0.2, 0.25) is 0 Å². The number of hydrogen-bond acceptors (Lipinski definition) is 5. The molecule has 11 heavy (non-hydrogen) atoms. The van der Waals surface area contributed by atoms with Crippen molar-refractivity contribution in [3.8, 4) is 0 Å². The molecular weight excluding hydrogens is 160 g/mol. The maximum atomic E-state index is 5.35. The summed E-state index contributed by atoms with van der Waals surface area (Å²) in [6, 6.07) is 0. The lowest BCUT2D eigenvalue weighted by Crippen LogP contribution is -2.25. The average molecular weight is 172 g/mol. The molecule has 62 valence electrons. The highest BCUT2D eigenvalue weighted by atomic mass is 32.1. The Morgan fingerprint density at radius 2 is 2.09 bits per heavy atom. The van der Waals surface area contributed by atoms with E-state index in [0.29, 0.717) is 5.95 Å². The van der Waals surface area contributed by atoms with E-state index in [-0.39, 0.29) is 5.54 Å². The first-order valence-corrected chi connectivity index (χ1v) is 4.12. The molecular formula is C6H12N4S. The second-order valence-electron chi connectivity index (χ2n) is 3.33. The smallest absolute Gasteiger partial charge is 0.233 e. The van der Waals surface area contributed by atoms with Crippen molar-refractivity contribution in [2.75, 3.05) is 11.1 Å². The SMILES string of the molecule is CC(C)(C)Nc1nc(N)ns1. The molecule has 0 aliphatic rings. The van der Waals surface area contributed by atoms with E-state index in [0.717, 1.165) is 5.13 Å². The molecule has 0 amide bonds. The Balaban J connectivity index is 2.65. The maximum absolute atomic E-state index is 5.35. The van der Waals surface area contributed by atoms with Gasteiger partial charge in [0.05, 0.1) is 0 Å². The molecule has 1 rings (SSSR count). The van der Waals surface area contributed by atoms with E-state index >= 15 is 0 Å². The van der Waals surface area contributed by atoms with Gasteiger partial charge in [-0.25, -0.2) is 0 Å². The van der Waals surface area contributed by atoms with Crippen molar-refractivity contribution >= 4 is 22.6 Å². The summed E-state index contributed by atoms with van der Waals surface area (Å²) in [7, 11) is 0. The lowest BCUT2D eigenvalue weighted by molar-refractivity contribution is 0.633. The minimum Gasteiger partial charge on any atom is -0.367 e. The van der Waals surface area contributed by atoms with Crippen LogP contribution in [0.3, 0.4) is 0 Å². The quantitative estimate of drug-likeness (QED) is 0.670. The Bertz CT molecular complexity index is 237. The molecule has 3 N–H and O–H groups in total. The van der Waals surface area contributed by atoms with Crippen LogP contribution in [-0.2, 0) is 0 Å². The fourth-order valence-electron chi connectivity index (χ4n) is 0.606. The highest BCUT2D eigenvalue weighted by Crippen LogP contribution is 2.16. The number of nitrogens with two attached hydrogens (primary N) is 1. The van der Waals surface area contributed by atoms with Crippen LogP contribution >= 0.6 is 11.5 Å². The fraction of sp³-hybridized carbons (Fsp3) is 0.667. The van der Waals surface area contributed by atoms with E-state index < -0.39 is 0 Å². The fourth-order valence-corrected chi connectivity index (χ4v) is 1.31. The van der Waals surface area contributed by atoms with E-state index in [4.69, 9.17) is 5.73 Å². The normalized spacial score (nSPS) is 11.5. The van der Waals surface area contributed by atoms with Crippen LogP contribution in [0.4, 0.5) is 11.1 Å². The molecule has 0 aliphatic heterocycles. The van der Waals surface area contributed by atoms with Gasteiger partial charge in [-0.15, -0.1) is 0 Å². The summed E-state index contributed by atoms with van der Waals surface area (Å²) in [4.78, 5) is 3.97. The minimum absolute atomic E-state index is 0.0198. The number of anilines is 2. The van der Waals surface area contributed by atoms with E-state index in [2.05, 4.69) is 35.4 Å². The second-order valence-corrected chi connectivity index (χ2v) is 4.08. The number of nitrogens with one attached hydrogen (secondary N) is 1. The van der Waals surface area contributed by atoms with Crippen molar-refractivity contribution in [3.05, 3.63) is 0 Å². The van der Waals surface area contributed by atoms with Crippen molar-refractivity contribution in [1.29, 1.82) is 0 Å². The highest BCUT2D eigenvalue weighted by molar-refractivity contribution is 7.09. The molecule has 0 unspecified atom stereocenters. The highest BCUT2D eigenvalue weighted by Gasteiger charge is 2.11. The largest absolute Gasteiger partial charge is 0.367 e. The molecule has 1 heterocycles. The lowest BCUT2D eigenvalue weighted by atomic mass is 10.1. The van der Waals surface area contributed by atoms with Gasteiger partial charge in [0.25, 0.3) is 0 Å². The van der Waals surface area contributed by atoms with Crippen LogP contribution in [0.15, 0.2) is 0 Å². The van der Waals surface area contributed by atoms with Gasteiger partial charge < -0.3 is 11.1 Å². The molecule has 0 saturated carbocycles. The molecule has 0 aliphatic carbocycles. The zero-order valence-corrected chi connectivity index (χ0v) is 7.70. The third kappa shape index (κ3) is 2.71. The zero-order valence-electron chi connectivity index (χ0n) is 6.88. The van der Waals surface area contributed by atoms with Gasteiger partial charge >= 0.3 is 0 Å². The Morgan fingerprint density at radius 3 is 2.45 bits per heavy atom. The summed E-state index contributed by atoms with van der Waals surface area (Å²) in [5.41, 5.74) is 5.37. The number of rotatable bonds is 1. The molecule has 4 nitrogen and oxygen atoms in total. The van der Waals surface area contributed by atoms with Crippen molar-refractivity contribution in [2.45, 2.75) is 26.3 Å². The molecule has 1 aromatic rings. The van der Waals surface area contributed by atoms with Crippen LogP contribution in [-0.4, -0.2) is 14.9 Å². The number of nitrogens with zero attached hydrogens (tertiary/aromatic N) is 2. The van der Waals surface area contributed by atoms with Crippen LogP contribution in [0.1, 0.15) is 20.8 Å². The van der Waals surface area contributed by atoms with Crippen LogP contribution < -0.4 is 11.1 Å². The van der Waals surface area contributed by atoms with Gasteiger partial charge in [0.15, 0.2) is 0 Å². The number of hydrogen-bond donors (Lipinski definition) is 2. The summed E-state index contributed by atoms with van der Waals surface area (Å²) < 4.78 is 3.85. The van der Waals surface area contributed by atoms with Crippen LogP contribution in [0.5, 0.6) is 0 Å². The maximum Gasteiger partial charge on any atom is 0.233 e. The topological polar surface area (TPSA) is 63.8 Å². The van der Waals surface area contributed by atoms with Gasteiger partial charge in [-0.1, -0.05) is 0 Å². The zero-order chi connectivity index (χ0) is 8.48. The first-order valence-electron chi connectivity index (χ1n) is 3.35. The molecule has 0 radical (unpaired) electrons. The van der Waals surface area contributed by atoms with Gasteiger partial charge in [-0.2, -0.15) is 9.36 Å². The predicted molar refractivity (Wildman–Crippen MR) is 47.7 cm³/mol. The van der Waals surface area contributed by atoms with Crippen molar-refractivity contribution in [1.82, 2.24) is 9.36 Å². The molecule has 0 fully saturated rings. The lowest BCUT2D eigenvalue weighted by Gasteiger charge is -2.18. The summed E-state index contributed by atoms with van der Waals surface area (Å²) in [5, 5.41) is 3.94. The van der Waals surface area contributed by atoms with E-state index in [1.807, 2.05) is 0 Å². The molecule has 0 atom stereocenters. The molecule has 0 spiro atoms. The molecule has 1 aromatic heterocycles. The minimum atomic E-state index is 0.0198. The number of nitrogen functional groups attached to an aromatic ring is 1. The van der Waals surface area contributed by atoms with E-state index in [1.54, 1.807) is 0 Å².